The van der Waals surface area contributed by atoms with Crippen molar-refractivity contribution in [1.29, 1.82) is 0 Å². The Balaban J connectivity index is 2.25. The first-order valence-corrected chi connectivity index (χ1v) is 3.88. The fourth-order valence-electron chi connectivity index (χ4n) is 1.05. The van der Waals surface area contributed by atoms with Crippen LogP contribution in [0, 0.1) is 0 Å². The average molecular weight is 175 g/mol. The summed E-state index contributed by atoms with van der Waals surface area (Å²) in [4.78, 5) is 6.02. The van der Waals surface area contributed by atoms with Crippen molar-refractivity contribution in [3.63, 3.8) is 0 Å². The predicted octanol–water partition coefficient (Wildman–Crippen LogP) is 1.36. The van der Waals surface area contributed by atoms with Gasteiger partial charge in [0.05, 0.1) is 6.20 Å². The van der Waals surface area contributed by atoms with Gasteiger partial charge < -0.3 is 10.6 Å². The molecule has 2 rings (SSSR count). The van der Waals surface area contributed by atoms with Crippen LogP contribution in [0.25, 0.3) is 0 Å². The van der Waals surface area contributed by atoms with E-state index in [2.05, 4.69) is 15.2 Å². The van der Waals surface area contributed by atoms with Crippen molar-refractivity contribution in [2.24, 2.45) is 10.2 Å². The van der Waals surface area contributed by atoms with Crippen LogP contribution in [0.1, 0.15) is 0 Å². The molecular weight excluding hydrogens is 166 g/mol. The molecular formula is C8H9N5. The van der Waals surface area contributed by atoms with Gasteiger partial charge in [-0.2, -0.15) is 10.2 Å². The fourth-order valence-corrected chi connectivity index (χ4v) is 1.05. The summed E-state index contributed by atoms with van der Waals surface area (Å²) in [5.74, 6) is 0.787. The van der Waals surface area contributed by atoms with Crippen molar-refractivity contribution in [3.05, 3.63) is 30.7 Å². The molecule has 0 amide bonds. The molecule has 1 aliphatic heterocycles. The van der Waals surface area contributed by atoms with Crippen LogP contribution in [0.4, 0.5) is 11.5 Å². The maximum Gasteiger partial charge on any atom is 0.137 e. The largest absolute Gasteiger partial charge is 0.399 e. The van der Waals surface area contributed by atoms with Crippen molar-refractivity contribution in [2.75, 3.05) is 17.3 Å². The molecule has 0 saturated heterocycles. The van der Waals surface area contributed by atoms with E-state index in [1.54, 1.807) is 24.5 Å². The van der Waals surface area contributed by atoms with Crippen molar-refractivity contribution in [2.45, 2.75) is 0 Å². The zero-order valence-electron chi connectivity index (χ0n) is 6.96. The monoisotopic (exact) mass is 175 g/mol. The van der Waals surface area contributed by atoms with Crippen LogP contribution in [0.3, 0.4) is 0 Å². The molecule has 0 spiro atoms. The number of aromatic nitrogens is 1. The molecule has 0 aromatic carbocycles. The fraction of sp³-hybridized carbons (Fsp3) is 0.125. The van der Waals surface area contributed by atoms with Crippen LogP contribution < -0.4 is 10.6 Å². The lowest BCUT2D eigenvalue weighted by atomic mass is 10.4. The third-order valence-electron chi connectivity index (χ3n) is 1.67. The number of nitrogens with zero attached hydrogens (tertiary/aromatic N) is 4. The maximum atomic E-state index is 5.62. The smallest absolute Gasteiger partial charge is 0.137 e. The molecule has 1 aromatic heterocycles. The summed E-state index contributed by atoms with van der Waals surface area (Å²) in [5.41, 5.74) is 6.32. The molecule has 2 N–H and O–H groups in total. The molecule has 0 aliphatic carbocycles. The summed E-state index contributed by atoms with van der Waals surface area (Å²) in [6.07, 6.45) is 5.10. The zero-order valence-corrected chi connectivity index (χ0v) is 6.96. The lowest BCUT2D eigenvalue weighted by Crippen LogP contribution is -2.18. The topological polar surface area (TPSA) is 66.9 Å². The molecule has 66 valence electrons. The maximum absolute atomic E-state index is 5.62. The number of nitrogens with two attached hydrogens (primary N) is 1. The van der Waals surface area contributed by atoms with Crippen LogP contribution in [-0.4, -0.2) is 11.7 Å². The Labute approximate surface area is 75.6 Å². The van der Waals surface area contributed by atoms with E-state index >= 15 is 0 Å². The van der Waals surface area contributed by atoms with Gasteiger partial charge in [-0.15, -0.1) is 0 Å². The highest BCUT2D eigenvalue weighted by Crippen LogP contribution is 2.15. The Kier molecular flexibility index (Phi) is 1.91. The Morgan fingerprint density at radius 3 is 3.08 bits per heavy atom. The highest BCUT2D eigenvalue weighted by Gasteiger charge is 2.05. The number of hydrogen-bond acceptors (Lipinski definition) is 5. The molecule has 0 fully saturated rings. The highest BCUT2D eigenvalue weighted by atomic mass is 15.3. The van der Waals surface area contributed by atoms with Gasteiger partial charge in [0.15, 0.2) is 0 Å². The minimum absolute atomic E-state index is 0.493. The lowest BCUT2D eigenvalue weighted by molar-refractivity contribution is 0.859. The summed E-state index contributed by atoms with van der Waals surface area (Å²) in [7, 11) is 0. The van der Waals surface area contributed by atoms with E-state index in [4.69, 9.17) is 5.73 Å². The first-order valence-electron chi connectivity index (χ1n) is 3.88. The SMILES string of the molecule is Nc1ccnc(N2C=CN=NC2)c1. The van der Waals surface area contributed by atoms with Gasteiger partial charge in [-0.05, 0) is 6.07 Å². The first kappa shape index (κ1) is 7.72. The number of rotatable bonds is 1. The van der Waals surface area contributed by atoms with Crippen LogP contribution in [0.15, 0.2) is 41.0 Å². The van der Waals surface area contributed by atoms with E-state index in [9.17, 15) is 0 Å². The van der Waals surface area contributed by atoms with E-state index in [1.807, 2.05) is 11.1 Å². The van der Waals surface area contributed by atoms with Crippen molar-refractivity contribution in [1.82, 2.24) is 4.98 Å². The van der Waals surface area contributed by atoms with Crippen molar-refractivity contribution in [3.8, 4) is 0 Å². The minimum atomic E-state index is 0.493. The summed E-state index contributed by atoms with van der Waals surface area (Å²) in [5, 5.41) is 7.57. The molecule has 1 aromatic rings. The Morgan fingerprint density at radius 2 is 2.38 bits per heavy atom. The molecule has 0 bridgehead atoms. The van der Waals surface area contributed by atoms with Crippen molar-refractivity contribution < 1.29 is 0 Å². The van der Waals surface area contributed by atoms with Gasteiger partial charge >= 0.3 is 0 Å². The molecule has 13 heavy (non-hydrogen) atoms. The average Bonchev–Trinajstić information content (AvgIpc) is 2.19. The third kappa shape index (κ3) is 1.64. The molecule has 0 unspecified atom stereocenters. The summed E-state index contributed by atoms with van der Waals surface area (Å²) in [6.45, 7) is 0.493. The Morgan fingerprint density at radius 1 is 1.46 bits per heavy atom. The van der Waals surface area contributed by atoms with Crippen LogP contribution in [-0.2, 0) is 0 Å². The van der Waals surface area contributed by atoms with Gasteiger partial charge in [-0.25, -0.2) is 4.98 Å². The van der Waals surface area contributed by atoms with Crippen LogP contribution in [0.2, 0.25) is 0 Å². The van der Waals surface area contributed by atoms with Gasteiger partial charge in [0.1, 0.15) is 12.5 Å². The van der Waals surface area contributed by atoms with E-state index in [-0.39, 0.29) is 0 Å². The number of azo groups is 1. The molecule has 2 heterocycles. The molecule has 5 heteroatoms. The summed E-state index contributed by atoms with van der Waals surface area (Å²) >= 11 is 0. The summed E-state index contributed by atoms with van der Waals surface area (Å²) < 4.78 is 0. The van der Waals surface area contributed by atoms with Crippen molar-refractivity contribution >= 4 is 11.5 Å². The minimum Gasteiger partial charge on any atom is -0.399 e. The van der Waals surface area contributed by atoms with E-state index in [0.717, 1.165) is 5.82 Å². The molecule has 0 saturated carbocycles. The number of anilines is 2. The molecule has 5 nitrogen and oxygen atoms in total. The zero-order chi connectivity index (χ0) is 9.10. The number of hydrogen-bond donors (Lipinski definition) is 1. The van der Waals surface area contributed by atoms with E-state index in [0.29, 0.717) is 12.4 Å². The first-order chi connectivity index (χ1) is 6.36. The molecule has 0 atom stereocenters. The highest BCUT2D eigenvalue weighted by molar-refractivity contribution is 5.51. The van der Waals surface area contributed by atoms with Gasteiger partial charge in [0.2, 0.25) is 0 Å². The number of nitrogen functional groups attached to an aromatic ring is 1. The second-order valence-electron chi connectivity index (χ2n) is 2.61. The predicted molar refractivity (Wildman–Crippen MR) is 50.0 cm³/mol. The standard InChI is InChI=1S/C8H9N5/c9-7-1-2-10-8(5-7)13-4-3-11-12-6-13/h1-5H,6H2,(H2,9,10). The van der Waals surface area contributed by atoms with Gasteiger partial charge in [0.25, 0.3) is 0 Å². The second-order valence-corrected chi connectivity index (χ2v) is 2.61. The van der Waals surface area contributed by atoms with E-state index in [1.165, 1.54) is 0 Å². The number of pyridine rings is 1. The molecule has 0 radical (unpaired) electrons. The van der Waals surface area contributed by atoms with Gasteiger partial charge in [-0.3, -0.25) is 0 Å². The van der Waals surface area contributed by atoms with E-state index < -0.39 is 0 Å². The third-order valence-corrected chi connectivity index (χ3v) is 1.67. The van der Waals surface area contributed by atoms with Crippen LogP contribution >= 0.6 is 0 Å². The Hall–Kier alpha value is -1.91. The van der Waals surface area contributed by atoms with Crippen LogP contribution in [0.5, 0.6) is 0 Å². The molecule has 1 aliphatic rings. The van der Waals surface area contributed by atoms with Gasteiger partial charge in [0, 0.05) is 24.2 Å². The normalized spacial score (nSPS) is 14.9. The Bertz CT molecular complexity index is 357. The lowest BCUT2D eigenvalue weighted by Gasteiger charge is -2.17. The second kappa shape index (κ2) is 3.22. The quantitative estimate of drug-likeness (QED) is 0.700. The summed E-state index contributed by atoms with van der Waals surface area (Å²) in [6, 6.07) is 3.55. The van der Waals surface area contributed by atoms with Gasteiger partial charge in [-0.1, -0.05) is 0 Å².